The number of allylic oxidation sites excluding steroid dienone is 1. The molecule has 0 aliphatic heterocycles. The molecule has 0 bridgehead atoms. The number of carbonyl (C=O) groups excluding carboxylic acids is 1. The number of hydrogen-bond donors (Lipinski definition) is 0. The summed E-state index contributed by atoms with van der Waals surface area (Å²) in [5, 5.41) is 2.39. The highest BCUT2D eigenvalue weighted by molar-refractivity contribution is 6.99. The number of ether oxygens (including phenoxy) is 1. The van der Waals surface area contributed by atoms with E-state index in [0.29, 0.717) is 6.61 Å². The lowest BCUT2D eigenvalue weighted by atomic mass is 10.2. The monoisotopic (exact) mass is 394 g/mol. The maximum Gasteiger partial charge on any atom is 0.330 e. The Morgan fingerprint density at radius 1 is 0.929 bits per heavy atom. The van der Waals surface area contributed by atoms with Gasteiger partial charge in [-0.05, 0) is 34.0 Å². The van der Waals surface area contributed by atoms with Gasteiger partial charge in [0.05, 0.1) is 13.7 Å². The summed E-state index contributed by atoms with van der Waals surface area (Å²) in [5.74, 6) is -0.371. The van der Waals surface area contributed by atoms with Gasteiger partial charge < -0.3 is 9.16 Å². The third-order valence-corrected chi connectivity index (χ3v) is 9.86. The van der Waals surface area contributed by atoms with E-state index in [4.69, 9.17) is 9.16 Å². The molecule has 4 heteroatoms. The van der Waals surface area contributed by atoms with Gasteiger partial charge in [-0.25, -0.2) is 4.79 Å². The Labute approximate surface area is 169 Å². The second-order valence-corrected chi connectivity index (χ2v) is 12.0. The van der Waals surface area contributed by atoms with Crippen molar-refractivity contribution in [3.63, 3.8) is 0 Å². The lowest BCUT2D eigenvalue weighted by Crippen LogP contribution is -2.66. The molecule has 0 aromatic heterocycles. The predicted octanol–water partition coefficient (Wildman–Crippen LogP) is 4.24. The fourth-order valence-electron chi connectivity index (χ4n) is 3.42. The van der Waals surface area contributed by atoms with Crippen molar-refractivity contribution in [1.82, 2.24) is 0 Å². The highest BCUT2D eigenvalue weighted by atomic mass is 28.4. The van der Waals surface area contributed by atoms with Crippen LogP contribution in [0.5, 0.6) is 0 Å². The molecule has 0 amide bonds. The van der Waals surface area contributed by atoms with Crippen LogP contribution in [-0.2, 0) is 14.0 Å². The number of benzene rings is 2. The molecule has 148 valence electrons. The van der Waals surface area contributed by atoms with Crippen LogP contribution in [0.3, 0.4) is 0 Å². The molecule has 0 unspecified atom stereocenters. The first-order valence-corrected chi connectivity index (χ1v) is 11.4. The molecule has 0 saturated carbocycles. The summed E-state index contributed by atoms with van der Waals surface area (Å²) in [6.07, 6.45) is 5.17. The Morgan fingerprint density at radius 2 is 1.43 bits per heavy atom. The van der Waals surface area contributed by atoms with Gasteiger partial charge in [0.15, 0.2) is 0 Å². The third kappa shape index (κ3) is 4.88. The molecule has 2 aromatic rings. The zero-order valence-electron chi connectivity index (χ0n) is 17.4. The quantitative estimate of drug-likeness (QED) is 0.305. The summed E-state index contributed by atoms with van der Waals surface area (Å²) in [5.41, 5.74) is 0.943. The maximum atomic E-state index is 11.5. The van der Waals surface area contributed by atoms with Crippen molar-refractivity contribution in [2.45, 2.75) is 32.7 Å². The van der Waals surface area contributed by atoms with Crippen LogP contribution in [0.4, 0.5) is 0 Å². The van der Waals surface area contributed by atoms with Crippen molar-refractivity contribution in [1.29, 1.82) is 0 Å². The normalized spacial score (nSPS) is 13.0. The minimum atomic E-state index is -2.58. The van der Waals surface area contributed by atoms with Gasteiger partial charge in [0.2, 0.25) is 0 Å². The number of hydrogen-bond acceptors (Lipinski definition) is 3. The zero-order chi connectivity index (χ0) is 20.6. The summed E-state index contributed by atoms with van der Waals surface area (Å²) in [6, 6.07) is 21.0. The van der Waals surface area contributed by atoms with E-state index in [-0.39, 0.29) is 11.0 Å². The van der Waals surface area contributed by atoms with Gasteiger partial charge in [0.25, 0.3) is 8.32 Å². The fourth-order valence-corrected chi connectivity index (χ4v) is 7.96. The topological polar surface area (TPSA) is 35.5 Å². The summed E-state index contributed by atoms with van der Waals surface area (Å²) >= 11 is 0. The van der Waals surface area contributed by atoms with Gasteiger partial charge in [0.1, 0.15) is 0 Å². The molecule has 0 saturated heterocycles. The molecule has 0 atom stereocenters. The van der Waals surface area contributed by atoms with Crippen molar-refractivity contribution in [3.8, 4) is 0 Å². The Hall–Kier alpha value is -2.43. The van der Waals surface area contributed by atoms with Gasteiger partial charge in [-0.1, -0.05) is 87.5 Å². The van der Waals surface area contributed by atoms with E-state index in [0.717, 1.165) is 5.57 Å². The van der Waals surface area contributed by atoms with E-state index >= 15 is 0 Å². The van der Waals surface area contributed by atoms with Crippen LogP contribution in [0.2, 0.25) is 5.04 Å². The van der Waals surface area contributed by atoms with Gasteiger partial charge in [0, 0.05) is 6.08 Å². The number of methoxy groups -OCH3 is 1. The van der Waals surface area contributed by atoms with E-state index in [1.54, 1.807) is 6.08 Å². The van der Waals surface area contributed by atoms with E-state index in [1.165, 1.54) is 23.6 Å². The minimum Gasteiger partial charge on any atom is -0.466 e. The van der Waals surface area contributed by atoms with Crippen LogP contribution in [0.1, 0.15) is 27.7 Å². The Bertz CT molecular complexity index is 778. The lowest BCUT2D eigenvalue weighted by molar-refractivity contribution is -0.134. The van der Waals surface area contributed by atoms with Gasteiger partial charge in [-0.3, -0.25) is 0 Å². The molecular weight excluding hydrogens is 364 g/mol. The van der Waals surface area contributed by atoms with Gasteiger partial charge in [-0.2, -0.15) is 0 Å². The lowest BCUT2D eigenvalue weighted by Gasteiger charge is -2.43. The Morgan fingerprint density at radius 3 is 1.82 bits per heavy atom. The van der Waals surface area contributed by atoms with Gasteiger partial charge in [-0.15, -0.1) is 0 Å². The molecule has 2 rings (SSSR count). The number of carbonyl (C=O) groups is 1. The van der Waals surface area contributed by atoms with Crippen LogP contribution in [0.15, 0.2) is 84.5 Å². The zero-order valence-corrected chi connectivity index (χ0v) is 18.4. The highest BCUT2D eigenvalue weighted by Gasteiger charge is 2.50. The summed E-state index contributed by atoms with van der Waals surface area (Å²) < 4.78 is 11.6. The minimum absolute atomic E-state index is 0.0827. The average Bonchev–Trinajstić information content (AvgIpc) is 2.71. The van der Waals surface area contributed by atoms with E-state index in [9.17, 15) is 4.79 Å². The first-order valence-electron chi connectivity index (χ1n) is 9.51. The van der Waals surface area contributed by atoms with Crippen molar-refractivity contribution in [3.05, 3.63) is 84.5 Å². The van der Waals surface area contributed by atoms with Crippen molar-refractivity contribution in [2.75, 3.05) is 13.7 Å². The molecule has 0 aliphatic rings. The molecule has 0 fully saturated rings. The molecule has 28 heavy (non-hydrogen) atoms. The first kappa shape index (κ1) is 21.9. The smallest absolute Gasteiger partial charge is 0.330 e. The average molecular weight is 395 g/mol. The molecule has 2 aromatic carbocycles. The largest absolute Gasteiger partial charge is 0.466 e. The van der Waals surface area contributed by atoms with Crippen molar-refractivity contribution < 1.29 is 14.0 Å². The van der Waals surface area contributed by atoms with Crippen LogP contribution in [-0.4, -0.2) is 28.0 Å². The van der Waals surface area contributed by atoms with Crippen LogP contribution in [0.25, 0.3) is 0 Å². The van der Waals surface area contributed by atoms with Crippen molar-refractivity contribution >= 4 is 24.7 Å². The number of rotatable bonds is 7. The third-order valence-electron chi connectivity index (χ3n) is 4.88. The van der Waals surface area contributed by atoms with E-state index in [1.807, 2.05) is 25.1 Å². The summed E-state index contributed by atoms with van der Waals surface area (Å²) in [6.45, 7) is 9.12. The van der Waals surface area contributed by atoms with Crippen LogP contribution >= 0.6 is 0 Å². The van der Waals surface area contributed by atoms with E-state index in [2.05, 4.69) is 69.3 Å². The fraction of sp³-hybridized carbons (Fsp3) is 0.292. The molecule has 0 aliphatic carbocycles. The molecule has 0 heterocycles. The second-order valence-electron chi connectivity index (χ2n) is 7.67. The molecule has 0 radical (unpaired) electrons. The molecule has 0 N–H and O–H groups in total. The van der Waals surface area contributed by atoms with Gasteiger partial charge >= 0.3 is 5.97 Å². The molecular formula is C24H30O3Si. The highest BCUT2D eigenvalue weighted by Crippen LogP contribution is 2.37. The first-order chi connectivity index (χ1) is 13.3. The predicted molar refractivity (Wildman–Crippen MR) is 118 cm³/mol. The summed E-state index contributed by atoms with van der Waals surface area (Å²) in [7, 11) is -1.21. The summed E-state index contributed by atoms with van der Waals surface area (Å²) in [4.78, 5) is 11.5. The Balaban J connectivity index is 2.50. The van der Waals surface area contributed by atoms with Crippen LogP contribution < -0.4 is 10.4 Å². The van der Waals surface area contributed by atoms with Crippen molar-refractivity contribution in [2.24, 2.45) is 0 Å². The molecule has 3 nitrogen and oxygen atoms in total. The van der Waals surface area contributed by atoms with Crippen LogP contribution in [0, 0.1) is 0 Å². The molecule has 0 spiro atoms. The number of esters is 1. The standard InChI is InChI=1S/C24H30O3Si/c1-6-20(17-18-23(25)26-5)19-27-28(24(2,3)4,21-13-9-7-10-14-21)22-15-11-8-12-16-22/h6-18H,19H2,1-5H3/b18-17+,20-6-. The maximum absolute atomic E-state index is 11.5. The second kappa shape index (κ2) is 9.67. The van der Waals surface area contributed by atoms with E-state index < -0.39 is 8.32 Å². The SMILES string of the molecule is C/C=C(/C=C/C(=O)OC)CO[Si](c1ccccc1)(c1ccccc1)C(C)(C)C. The Kier molecular flexibility index (Phi) is 7.55.